The Hall–Kier alpha value is -2.70. The monoisotopic (exact) mass is 400 g/mol. The molecule has 5 nitrogen and oxygen atoms in total. The van der Waals surface area contributed by atoms with Gasteiger partial charge in [0.1, 0.15) is 5.75 Å². The van der Waals surface area contributed by atoms with E-state index in [0.717, 1.165) is 27.8 Å². The van der Waals surface area contributed by atoms with Gasteiger partial charge in [0.05, 0.1) is 12.4 Å². The molecule has 1 N–H and O–H groups in total. The number of hydrogen-bond acceptors (Lipinski definition) is 5. The first kappa shape index (κ1) is 21.6. The molecule has 0 aliphatic heterocycles. The van der Waals surface area contributed by atoms with E-state index in [1.54, 1.807) is 30.4 Å². The maximum Gasteiger partial charge on any atom is 0.308 e. The van der Waals surface area contributed by atoms with Gasteiger partial charge in [-0.1, -0.05) is 36.4 Å². The fourth-order valence-electron chi connectivity index (χ4n) is 2.52. The molecule has 28 heavy (non-hydrogen) atoms. The number of carbonyl (C=O) groups is 1. The lowest BCUT2D eigenvalue weighted by molar-refractivity contribution is -0.110. The molecule has 0 radical (unpaired) electrons. The molecule has 2 rings (SSSR count). The third-order valence-electron chi connectivity index (χ3n) is 4.19. The summed E-state index contributed by atoms with van der Waals surface area (Å²) >= 11 is 0. The summed E-state index contributed by atoms with van der Waals surface area (Å²) in [7, 11) is -3.56. The highest BCUT2D eigenvalue weighted by Crippen LogP contribution is 2.20. The van der Waals surface area contributed by atoms with Crippen molar-refractivity contribution in [1.29, 1.82) is 0 Å². The predicted octanol–water partition coefficient (Wildman–Crippen LogP) is 3.82. The molecule has 0 spiro atoms. The summed E-state index contributed by atoms with van der Waals surface area (Å²) < 4.78 is 28.0. The minimum Gasteiger partial charge on any atom is -0.392 e. The Morgan fingerprint density at radius 3 is 2.07 bits per heavy atom. The summed E-state index contributed by atoms with van der Waals surface area (Å²) in [6, 6.07) is 10.5. The molecule has 0 aliphatic carbocycles. The standard InChI is InChI=1S/C22H24O5S/c1-4-28(25,26)27-22-12-9-20(17(3)14-22)8-11-21(24)10-7-19-6-5-18(15-23)13-16(19)2/h5-14,23H,4,15H2,1-3H3/b10-7+,11-8+. The second-order valence-corrected chi connectivity index (χ2v) is 8.23. The summed E-state index contributed by atoms with van der Waals surface area (Å²) in [6.45, 7) is 5.24. The molecule has 0 saturated carbocycles. The van der Waals surface area contributed by atoms with Gasteiger partial charge < -0.3 is 9.29 Å². The van der Waals surface area contributed by atoms with Crippen molar-refractivity contribution in [3.63, 3.8) is 0 Å². The van der Waals surface area contributed by atoms with Crippen molar-refractivity contribution in [3.05, 3.63) is 76.4 Å². The summed E-state index contributed by atoms with van der Waals surface area (Å²) in [5.74, 6) is -0.0139. The number of hydrogen-bond donors (Lipinski definition) is 1. The lowest BCUT2D eigenvalue weighted by Gasteiger charge is -2.07. The second kappa shape index (κ2) is 9.48. The van der Waals surface area contributed by atoms with Gasteiger partial charge in [-0.15, -0.1) is 0 Å². The number of carbonyl (C=O) groups excluding carboxylic acids is 1. The summed E-state index contributed by atoms with van der Waals surface area (Å²) in [5, 5.41) is 9.14. The SMILES string of the molecule is CCS(=O)(=O)Oc1ccc(/C=C/C(=O)/C=C/c2ccc(CO)cc2C)c(C)c1. The highest BCUT2D eigenvalue weighted by atomic mass is 32.2. The third-order valence-corrected chi connectivity index (χ3v) is 5.34. The molecular weight excluding hydrogens is 376 g/mol. The molecule has 2 aromatic rings. The molecule has 0 fully saturated rings. The normalized spacial score (nSPS) is 12.0. The molecule has 0 atom stereocenters. The van der Waals surface area contributed by atoms with E-state index < -0.39 is 10.1 Å². The summed E-state index contributed by atoms with van der Waals surface area (Å²) in [6.07, 6.45) is 6.36. The van der Waals surface area contributed by atoms with Crippen LogP contribution in [0.25, 0.3) is 12.2 Å². The Bertz CT molecular complexity index is 1020. The molecule has 0 unspecified atom stereocenters. The maximum atomic E-state index is 12.1. The van der Waals surface area contributed by atoms with Crippen LogP contribution in [0.5, 0.6) is 5.75 Å². The topological polar surface area (TPSA) is 80.7 Å². The van der Waals surface area contributed by atoms with Gasteiger partial charge >= 0.3 is 10.1 Å². The fraction of sp³-hybridized carbons (Fsp3) is 0.227. The van der Waals surface area contributed by atoms with Crippen molar-refractivity contribution in [2.24, 2.45) is 0 Å². The minimum absolute atomic E-state index is 0.0138. The fourth-order valence-corrected chi connectivity index (χ4v) is 3.03. The summed E-state index contributed by atoms with van der Waals surface area (Å²) in [4.78, 5) is 12.1. The van der Waals surface area contributed by atoms with Crippen LogP contribution in [0, 0.1) is 13.8 Å². The van der Waals surface area contributed by atoms with E-state index in [9.17, 15) is 13.2 Å². The quantitative estimate of drug-likeness (QED) is 0.538. The highest BCUT2D eigenvalue weighted by molar-refractivity contribution is 7.87. The highest BCUT2D eigenvalue weighted by Gasteiger charge is 2.09. The molecule has 0 bridgehead atoms. The van der Waals surface area contributed by atoms with Gasteiger partial charge in [-0.3, -0.25) is 4.79 Å². The summed E-state index contributed by atoms with van der Waals surface area (Å²) in [5.41, 5.74) is 4.32. The number of benzene rings is 2. The van der Waals surface area contributed by atoms with Crippen LogP contribution in [0.4, 0.5) is 0 Å². The number of aryl methyl sites for hydroxylation is 2. The Morgan fingerprint density at radius 1 is 1.00 bits per heavy atom. The van der Waals surface area contributed by atoms with E-state index >= 15 is 0 Å². The molecule has 0 heterocycles. The van der Waals surface area contributed by atoms with Crippen molar-refractivity contribution >= 4 is 28.1 Å². The lowest BCUT2D eigenvalue weighted by Crippen LogP contribution is -2.11. The first-order chi connectivity index (χ1) is 13.2. The van der Waals surface area contributed by atoms with Crippen molar-refractivity contribution in [2.45, 2.75) is 27.4 Å². The van der Waals surface area contributed by atoms with E-state index in [-0.39, 0.29) is 23.9 Å². The van der Waals surface area contributed by atoms with E-state index in [1.165, 1.54) is 19.1 Å². The lowest BCUT2D eigenvalue weighted by atomic mass is 10.0. The number of aliphatic hydroxyl groups excluding tert-OH is 1. The van der Waals surface area contributed by atoms with Crippen LogP contribution < -0.4 is 4.18 Å². The molecule has 2 aromatic carbocycles. The molecule has 0 amide bonds. The van der Waals surface area contributed by atoms with Crippen LogP contribution in [-0.4, -0.2) is 25.1 Å². The van der Waals surface area contributed by atoms with Gasteiger partial charge in [0.15, 0.2) is 5.78 Å². The smallest absolute Gasteiger partial charge is 0.308 e. The number of aliphatic hydroxyl groups is 1. The Balaban J connectivity index is 2.07. The van der Waals surface area contributed by atoms with Gasteiger partial charge in [-0.05, 0) is 72.9 Å². The number of ketones is 1. The van der Waals surface area contributed by atoms with Crippen LogP contribution >= 0.6 is 0 Å². The second-order valence-electron chi connectivity index (χ2n) is 6.37. The molecule has 0 saturated heterocycles. The first-order valence-corrected chi connectivity index (χ1v) is 10.4. The number of rotatable bonds is 8. The molecule has 0 aromatic heterocycles. The Labute approximate surface area is 166 Å². The Morgan fingerprint density at radius 2 is 1.57 bits per heavy atom. The van der Waals surface area contributed by atoms with Crippen LogP contribution in [-0.2, 0) is 21.5 Å². The molecule has 6 heteroatoms. The van der Waals surface area contributed by atoms with E-state index in [1.807, 2.05) is 32.0 Å². The largest absolute Gasteiger partial charge is 0.392 e. The third kappa shape index (κ3) is 6.18. The molecule has 148 valence electrons. The van der Waals surface area contributed by atoms with E-state index in [2.05, 4.69) is 0 Å². The van der Waals surface area contributed by atoms with Crippen LogP contribution in [0.1, 0.15) is 34.7 Å². The van der Waals surface area contributed by atoms with E-state index in [0.29, 0.717) is 0 Å². The zero-order valence-electron chi connectivity index (χ0n) is 16.2. The van der Waals surface area contributed by atoms with Gasteiger partial charge in [0, 0.05) is 0 Å². The van der Waals surface area contributed by atoms with Crippen LogP contribution in [0.3, 0.4) is 0 Å². The van der Waals surface area contributed by atoms with Crippen molar-refractivity contribution < 1.29 is 22.5 Å². The van der Waals surface area contributed by atoms with Crippen LogP contribution in [0.15, 0.2) is 48.6 Å². The van der Waals surface area contributed by atoms with E-state index in [4.69, 9.17) is 9.29 Å². The minimum atomic E-state index is -3.56. The van der Waals surface area contributed by atoms with Crippen LogP contribution in [0.2, 0.25) is 0 Å². The zero-order valence-corrected chi connectivity index (χ0v) is 17.0. The Kier molecular flexibility index (Phi) is 7.31. The molecular formula is C22H24O5S. The zero-order chi connectivity index (χ0) is 20.7. The van der Waals surface area contributed by atoms with Gasteiger partial charge in [0.2, 0.25) is 0 Å². The number of allylic oxidation sites excluding steroid dienone is 2. The maximum absolute atomic E-state index is 12.1. The predicted molar refractivity (Wildman–Crippen MR) is 111 cm³/mol. The van der Waals surface area contributed by atoms with Gasteiger partial charge in [-0.2, -0.15) is 8.42 Å². The average Bonchev–Trinajstić information content (AvgIpc) is 2.66. The molecule has 0 aliphatic rings. The van der Waals surface area contributed by atoms with Crippen molar-refractivity contribution in [1.82, 2.24) is 0 Å². The van der Waals surface area contributed by atoms with Crippen molar-refractivity contribution in [3.8, 4) is 5.75 Å². The van der Waals surface area contributed by atoms with Gasteiger partial charge in [-0.25, -0.2) is 0 Å². The van der Waals surface area contributed by atoms with Crippen molar-refractivity contribution in [2.75, 3.05) is 5.75 Å². The first-order valence-electron chi connectivity index (χ1n) is 8.87. The van der Waals surface area contributed by atoms with Gasteiger partial charge in [0.25, 0.3) is 0 Å². The average molecular weight is 400 g/mol.